The second-order valence-electron chi connectivity index (χ2n) is 7.81. The van der Waals surface area contributed by atoms with Gasteiger partial charge in [-0.2, -0.15) is 0 Å². The molecule has 0 radical (unpaired) electrons. The van der Waals surface area contributed by atoms with Gasteiger partial charge in [0.2, 0.25) is 0 Å². The van der Waals surface area contributed by atoms with Crippen LogP contribution in [0.3, 0.4) is 0 Å². The van der Waals surface area contributed by atoms with Crippen molar-refractivity contribution in [1.82, 2.24) is 5.32 Å². The molecule has 1 fully saturated rings. The summed E-state index contributed by atoms with van der Waals surface area (Å²) in [5.74, 6) is 0.917. The van der Waals surface area contributed by atoms with E-state index in [1.165, 1.54) is 6.42 Å². The Labute approximate surface area is 148 Å². The van der Waals surface area contributed by atoms with Crippen molar-refractivity contribution in [3.8, 4) is 0 Å². The van der Waals surface area contributed by atoms with E-state index >= 15 is 0 Å². The molecule has 6 heteroatoms. The van der Waals surface area contributed by atoms with E-state index in [4.69, 9.17) is 9.47 Å². The van der Waals surface area contributed by atoms with Gasteiger partial charge in [0.25, 0.3) is 0 Å². The van der Waals surface area contributed by atoms with E-state index in [1.807, 2.05) is 0 Å². The van der Waals surface area contributed by atoms with E-state index in [0.717, 1.165) is 12.8 Å². The highest BCUT2D eigenvalue weighted by Crippen LogP contribution is 2.35. The van der Waals surface area contributed by atoms with Gasteiger partial charge >= 0.3 is 12.1 Å². The second kappa shape index (κ2) is 8.36. The molecule has 1 aliphatic carbocycles. The summed E-state index contributed by atoms with van der Waals surface area (Å²) in [6.07, 6.45) is 2.38. The molecule has 1 unspecified atom stereocenters. The van der Waals surface area contributed by atoms with Crippen molar-refractivity contribution in [2.24, 2.45) is 17.8 Å². The van der Waals surface area contributed by atoms with E-state index in [0.29, 0.717) is 17.8 Å². The monoisotopic (exact) mass is 391 g/mol. The molecule has 0 heterocycles. The second-order valence-corrected chi connectivity index (χ2v) is 8.73. The minimum atomic E-state index is -0.901. The Bertz CT molecular complexity index is 419. The number of halogens is 1. The molecule has 134 valence electrons. The normalized spacial score (nSPS) is 26.5. The highest BCUT2D eigenvalue weighted by atomic mass is 79.9. The largest absolute Gasteiger partial charge is 0.460 e. The van der Waals surface area contributed by atoms with Gasteiger partial charge in [-0.1, -0.05) is 43.1 Å². The maximum atomic E-state index is 12.2. The highest BCUT2D eigenvalue weighted by Gasteiger charge is 2.35. The van der Waals surface area contributed by atoms with Gasteiger partial charge in [-0.25, -0.2) is 9.59 Å². The fourth-order valence-electron chi connectivity index (χ4n) is 2.93. The fraction of sp³-hybridized carbons (Fsp3) is 0.882. The summed E-state index contributed by atoms with van der Waals surface area (Å²) >= 11 is 3.16. The summed E-state index contributed by atoms with van der Waals surface area (Å²) in [7, 11) is 0. The number of esters is 1. The van der Waals surface area contributed by atoms with Gasteiger partial charge in [0.1, 0.15) is 11.7 Å². The number of alkyl carbamates (subject to hydrolysis) is 1. The van der Waals surface area contributed by atoms with Crippen molar-refractivity contribution in [1.29, 1.82) is 0 Å². The molecule has 0 aromatic heterocycles. The van der Waals surface area contributed by atoms with Crippen LogP contribution in [0.1, 0.15) is 60.8 Å². The van der Waals surface area contributed by atoms with Crippen molar-refractivity contribution in [3.63, 3.8) is 0 Å². The van der Waals surface area contributed by atoms with Crippen LogP contribution in [0, 0.1) is 17.8 Å². The summed E-state index contributed by atoms with van der Waals surface area (Å²) in [4.78, 5) is 23.1. The maximum Gasteiger partial charge on any atom is 0.409 e. The Morgan fingerprint density at radius 1 is 1.22 bits per heavy atom. The van der Waals surface area contributed by atoms with E-state index in [-0.39, 0.29) is 6.10 Å². The van der Waals surface area contributed by atoms with Gasteiger partial charge in [-0.15, -0.1) is 0 Å². The molecule has 0 aliphatic heterocycles. The van der Waals surface area contributed by atoms with Crippen molar-refractivity contribution in [2.45, 2.75) is 77.5 Å². The Kier molecular flexibility index (Phi) is 7.36. The third-order valence-electron chi connectivity index (χ3n) is 4.08. The lowest BCUT2D eigenvalue weighted by atomic mass is 9.75. The van der Waals surface area contributed by atoms with Gasteiger partial charge in [0, 0.05) is 0 Å². The molecule has 0 bridgehead atoms. The molecule has 5 nitrogen and oxygen atoms in total. The van der Waals surface area contributed by atoms with Gasteiger partial charge < -0.3 is 9.47 Å². The van der Waals surface area contributed by atoms with Crippen LogP contribution in [-0.2, 0) is 14.3 Å². The summed E-state index contributed by atoms with van der Waals surface area (Å²) in [6.45, 7) is 11.8. The predicted molar refractivity (Wildman–Crippen MR) is 93.3 cm³/mol. The smallest absolute Gasteiger partial charge is 0.409 e. The lowest BCUT2D eigenvalue weighted by Gasteiger charge is -2.37. The minimum Gasteiger partial charge on any atom is -0.460 e. The number of ether oxygens (including phenoxy) is 2. The van der Waals surface area contributed by atoms with E-state index in [2.05, 4.69) is 42.0 Å². The van der Waals surface area contributed by atoms with E-state index in [1.54, 1.807) is 20.8 Å². The first kappa shape index (κ1) is 20.3. The summed E-state index contributed by atoms with van der Waals surface area (Å²) in [5.41, 5.74) is -0.609. The molecule has 1 aliphatic rings. The number of alkyl halides is 1. The van der Waals surface area contributed by atoms with E-state index < -0.39 is 22.6 Å². The molecule has 23 heavy (non-hydrogen) atoms. The standard InChI is InChI=1S/C17H30BrNO4/c1-10(2)12-8-7-11(3)9-13(12)22-15(20)14(18)19-16(21)23-17(4,5)6/h10-14H,7-9H2,1-6H3,(H,19,21)/t11-,12+,13-,14?/m1/s1. The molecule has 4 atom stereocenters. The van der Waals surface area contributed by atoms with Gasteiger partial charge in [0.05, 0.1) is 0 Å². The van der Waals surface area contributed by atoms with Gasteiger partial charge in [-0.3, -0.25) is 5.32 Å². The average Bonchev–Trinajstić information content (AvgIpc) is 2.35. The zero-order valence-corrected chi connectivity index (χ0v) is 16.6. The van der Waals surface area contributed by atoms with Crippen LogP contribution in [0.4, 0.5) is 4.79 Å². The third kappa shape index (κ3) is 7.10. The molecule has 1 N–H and O–H groups in total. The zero-order valence-electron chi connectivity index (χ0n) is 15.0. The van der Waals surface area contributed by atoms with Crippen LogP contribution in [-0.4, -0.2) is 28.7 Å². The molecular weight excluding hydrogens is 362 g/mol. The summed E-state index contributed by atoms with van der Waals surface area (Å²) < 4.78 is 10.8. The van der Waals surface area contributed by atoms with Crippen LogP contribution in [0.5, 0.6) is 0 Å². The number of amides is 1. The number of carbonyl (C=O) groups is 2. The molecular formula is C17H30BrNO4. The lowest BCUT2D eigenvalue weighted by Crippen LogP contribution is -2.44. The molecule has 1 saturated carbocycles. The van der Waals surface area contributed by atoms with Crippen LogP contribution in [0.15, 0.2) is 0 Å². The van der Waals surface area contributed by atoms with Gasteiger partial charge in [-0.05, 0) is 51.4 Å². The van der Waals surface area contributed by atoms with Crippen LogP contribution >= 0.6 is 15.9 Å². The molecule has 0 spiro atoms. The van der Waals surface area contributed by atoms with Crippen LogP contribution in [0.25, 0.3) is 0 Å². The Balaban J connectivity index is 2.57. The first-order chi connectivity index (χ1) is 10.5. The van der Waals surface area contributed by atoms with Crippen molar-refractivity contribution >= 4 is 28.0 Å². The fourth-order valence-corrected chi connectivity index (χ4v) is 3.22. The average molecular weight is 392 g/mol. The number of hydrogen-bond donors (Lipinski definition) is 1. The summed E-state index contributed by atoms with van der Waals surface area (Å²) in [5, 5.41) is 2.46. The zero-order chi connectivity index (χ0) is 17.8. The first-order valence-corrected chi connectivity index (χ1v) is 9.25. The summed E-state index contributed by atoms with van der Waals surface area (Å²) in [6, 6.07) is 0. The van der Waals surface area contributed by atoms with Crippen molar-refractivity contribution < 1.29 is 19.1 Å². The van der Waals surface area contributed by atoms with Crippen LogP contribution in [0.2, 0.25) is 0 Å². The SMILES string of the molecule is CC(C)[C@@H]1CC[C@@H](C)C[C@H]1OC(=O)C(Br)NC(=O)OC(C)(C)C. The highest BCUT2D eigenvalue weighted by molar-refractivity contribution is 9.10. The van der Waals surface area contributed by atoms with Crippen molar-refractivity contribution in [3.05, 3.63) is 0 Å². The molecule has 1 rings (SSSR count). The Morgan fingerprint density at radius 3 is 2.35 bits per heavy atom. The molecule has 0 aromatic carbocycles. The lowest BCUT2D eigenvalue weighted by molar-refractivity contribution is -0.155. The van der Waals surface area contributed by atoms with Crippen molar-refractivity contribution in [2.75, 3.05) is 0 Å². The third-order valence-corrected chi connectivity index (χ3v) is 4.68. The molecule has 0 saturated heterocycles. The van der Waals surface area contributed by atoms with Gasteiger partial charge in [0.15, 0.2) is 4.95 Å². The number of hydrogen-bond acceptors (Lipinski definition) is 4. The Morgan fingerprint density at radius 2 is 1.83 bits per heavy atom. The first-order valence-electron chi connectivity index (χ1n) is 8.33. The molecule has 0 aromatic rings. The van der Waals surface area contributed by atoms with Crippen LogP contribution < -0.4 is 5.32 Å². The predicted octanol–water partition coefficient (Wildman–Crippen LogP) is 4.24. The molecule has 1 amide bonds. The number of nitrogens with one attached hydrogen (secondary N) is 1. The quantitative estimate of drug-likeness (QED) is 0.442. The van der Waals surface area contributed by atoms with E-state index in [9.17, 15) is 9.59 Å². The Hall–Kier alpha value is -0.780. The number of carbonyl (C=O) groups excluding carboxylic acids is 2. The maximum absolute atomic E-state index is 12.2. The minimum absolute atomic E-state index is 0.0910. The topological polar surface area (TPSA) is 64.6 Å². The number of rotatable bonds is 4.